The molecule has 0 radical (unpaired) electrons. The lowest BCUT2D eigenvalue weighted by molar-refractivity contribution is -0.157. The molecule has 2 atom stereocenters. The third-order valence-electron chi connectivity index (χ3n) is 4.65. The van der Waals surface area contributed by atoms with Crippen LogP contribution >= 0.6 is 0 Å². The molecule has 0 saturated carbocycles. The molecule has 2 aromatic carbocycles. The van der Waals surface area contributed by atoms with Gasteiger partial charge in [-0.25, -0.2) is 4.39 Å². The summed E-state index contributed by atoms with van der Waals surface area (Å²) < 4.78 is 23.9. The van der Waals surface area contributed by atoms with E-state index in [1.807, 2.05) is 18.2 Å². The lowest BCUT2D eigenvalue weighted by Gasteiger charge is -2.25. The zero-order valence-corrected chi connectivity index (χ0v) is 16.0. The molecule has 0 saturated heterocycles. The van der Waals surface area contributed by atoms with Crippen LogP contribution in [0, 0.1) is 5.82 Å². The van der Waals surface area contributed by atoms with Gasteiger partial charge in [-0.05, 0) is 30.7 Å². The van der Waals surface area contributed by atoms with Crippen molar-refractivity contribution >= 4 is 23.5 Å². The molecule has 1 heterocycles. The van der Waals surface area contributed by atoms with E-state index in [0.29, 0.717) is 11.3 Å². The summed E-state index contributed by atoms with van der Waals surface area (Å²) in [5.41, 5.74) is 1.47. The second-order valence-electron chi connectivity index (χ2n) is 6.65. The first-order valence-electron chi connectivity index (χ1n) is 9.08. The smallest absolute Gasteiger partial charge is 0.314 e. The topological polar surface area (TPSA) is 93.7 Å². The fourth-order valence-electron chi connectivity index (χ4n) is 3.13. The van der Waals surface area contributed by atoms with Crippen LogP contribution in [0.5, 0.6) is 5.75 Å². The number of halogens is 1. The molecule has 0 aromatic heterocycles. The van der Waals surface area contributed by atoms with Gasteiger partial charge in [0.2, 0.25) is 5.91 Å². The number of nitrogens with one attached hydrogen (secondary N) is 2. The largest absolute Gasteiger partial charge is 0.496 e. The molecule has 0 aliphatic carbocycles. The maximum Gasteiger partial charge on any atom is 0.314 e. The number of anilines is 1. The van der Waals surface area contributed by atoms with Gasteiger partial charge in [-0.2, -0.15) is 0 Å². The summed E-state index contributed by atoms with van der Waals surface area (Å²) in [5, 5.41) is 5.23. The molecule has 1 aliphatic rings. The normalized spacial score (nSPS) is 16.2. The number of para-hydroxylation sites is 1. The zero-order chi connectivity index (χ0) is 21.0. The quantitative estimate of drug-likeness (QED) is 0.727. The van der Waals surface area contributed by atoms with Crippen LogP contribution in [0.25, 0.3) is 0 Å². The maximum atomic E-state index is 13.4. The van der Waals surface area contributed by atoms with Crippen LogP contribution in [0.15, 0.2) is 42.5 Å². The van der Waals surface area contributed by atoms with Gasteiger partial charge in [0, 0.05) is 24.2 Å². The maximum absolute atomic E-state index is 13.4. The lowest BCUT2D eigenvalue weighted by atomic mass is 9.90. The van der Waals surface area contributed by atoms with Crippen LogP contribution in [0.1, 0.15) is 30.4 Å². The second kappa shape index (κ2) is 8.72. The molecule has 2 aromatic rings. The molecule has 2 unspecified atom stereocenters. The van der Waals surface area contributed by atoms with Crippen molar-refractivity contribution in [3.8, 4) is 5.75 Å². The lowest BCUT2D eigenvalue weighted by Crippen LogP contribution is -2.37. The Labute approximate surface area is 167 Å². The van der Waals surface area contributed by atoms with Crippen LogP contribution in [-0.2, 0) is 25.7 Å². The van der Waals surface area contributed by atoms with Gasteiger partial charge >= 0.3 is 5.97 Å². The van der Waals surface area contributed by atoms with E-state index in [-0.39, 0.29) is 18.7 Å². The van der Waals surface area contributed by atoms with Gasteiger partial charge in [0.25, 0.3) is 5.91 Å². The first-order valence-corrected chi connectivity index (χ1v) is 9.08. The molecule has 152 valence electrons. The number of benzene rings is 2. The van der Waals surface area contributed by atoms with Crippen LogP contribution < -0.4 is 15.4 Å². The number of amides is 2. The van der Waals surface area contributed by atoms with Crippen LogP contribution in [0.2, 0.25) is 0 Å². The first-order chi connectivity index (χ1) is 13.9. The average Bonchev–Trinajstić information content (AvgIpc) is 2.71. The number of rotatable bonds is 6. The molecule has 3 rings (SSSR count). The highest BCUT2D eigenvalue weighted by Gasteiger charge is 2.33. The van der Waals surface area contributed by atoms with Crippen molar-refractivity contribution in [1.29, 1.82) is 0 Å². The highest BCUT2D eigenvalue weighted by Crippen LogP contribution is 2.33. The number of hydrogen-bond donors (Lipinski definition) is 2. The Hall–Kier alpha value is -3.42. The van der Waals surface area contributed by atoms with Crippen molar-refractivity contribution in [3.05, 3.63) is 59.4 Å². The molecule has 8 heteroatoms. The van der Waals surface area contributed by atoms with Crippen LogP contribution in [0.3, 0.4) is 0 Å². The molecule has 29 heavy (non-hydrogen) atoms. The molecule has 2 N–H and O–H groups in total. The number of fused-ring (bicyclic) bond motifs is 1. The summed E-state index contributed by atoms with van der Waals surface area (Å²) in [4.78, 5) is 36.8. The third kappa shape index (κ3) is 4.71. The summed E-state index contributed by atoms with van der Waals surface area (Å²) in [6.45, 7) is 1.66. The minimum absolute atomic E-state index is 0.132. The fraction of sp³-hybridized carbons (Fsp3) is 0.286. The van der Waals surface area contributed by atoms with E-state index in [9.17, 15) is 18.8 Å². The monoisotopic (exact) mass is 400 g/mol. The molecule has 7 nitrogen and oxygen atoms in total. The van der Waals surface area contributed by atoms with Crippen molar-refractivity contribution in [2.75, 3.05) is 12.4 Å². The van der Waals surface area contributed by atoms with E-state index in [0.717, 1.165) is 11.6 Å². The van der Waals surface area contributed by atoms with Crippen molar-refractivity contribution in [1.82, 2.24) is 5.32 Å². The minimum atomic E-state index is -1.06. The summed E-state index contributed by atoms with van der Waals surface area (Å²) in [7, 11) is 1.54. The number of hydrogen-bond acceptors (Lipinski definition) is 5. The molecule has 0 fully saturated rings. The Morgan fingerprint density at radius 3 is 2.79 bits per heavy atom. The van der Waals surface area contributed by atoms with Gasteiger partial charge < -0.3 is 20.1 Å². The molecule has 0 spiro atoms. The van der Waals surface area contributed by atoms with Gasteiger partial charge in [-0.3, -0.25) is 14.4 Å². The van der Waals surface area contributed by atoms with Crippen molar-refractivity contribution in [2.45, 2.75) is 31.9 Å². The Morgan fingerprint density at radius 1 is 1.28 bits per heavy atom. The van der Waals surface area contributed by atoms with E-state index in [2.05, 4.69) is 10.6 Å². The van der Waals surface area contributed by atoms with E-state index in [1.165, 1.54) is 26.2 Å². The van der Waals surface area contributed by atoms with Gasteiger partial charge in [-0.15, -0.1) is 0 Å². The second-order valence-corrected chi connectivity index (χ2v) is 6.65. The molecule has 1 aliphatic heterocycles. The highest BCUT2D eigenvalue weighted by molar-refractivity contribution is 6.00. The van der Waals surface area contributed by atoms with Crippen molar-refractivity contribution < 1.29 is 28.2 Å². The molecule has 2 amide bonds. The molecular formula is C21H21FN2O5. The van der Waals surface area contributed by atoms with Gasteiger partial charge in [-0.1, -0.05) is 24.3 Å². The minimum Gasteiger partial charge on any atom is -0.496 e. The number of methoxy groups -OCH3 is 1. The Morgan fingerprint density at radius 2 is 2.03 bits per heavy atom. The standard InChI is InChI=1S/C21H21FN2O5/c1-12(20(26)23-11-13-5-3-4-6-18(13)28-2)29-21(27)16-10-19(25)24-17-9-14(22)7-8-15(16)17/h3-9,12,16H,10-11H2,1-2H3,(H,23,26)(H,24,25). The van der Waals surface area contributed by atoms with Gasteiger partial charge in [0.05, 0.1) is 13.0 Å². The van der Waals surface area contributed by atoms with Crippen molar-refractivity contribution in [3.63, 3.8) is 0 Å². The Balaban J connectivity index is 1.63. The van der Waals surface area contributed by atoms with Gasteiger partial charge in [0.15, 0.2) is 6.10 Å². The van der Waals surface area contributed by atoms with E-state index >= 15 is 0 Å². The predicted octanol–water partition coefficient (Wildman–Crippen LogP) is 2.51. The van der Waals surface area contributed by atoms with Crippen LogP contribution in [0.4, 0.5) is 10.1 Å². The first kappa shape index (κ1) is 20.3. The van der Waals surface area contributed by atoms with Gasteiger partial charge in [0.1, 0.15) is 11.6 Å². The number of carbonyl (C=O) groups excluding carboxylic acids is 3. The van der Waals surface area contributed by atoms with E-state index in [1.54, 1.807) is 6.07 Å². The highest BCUT2D eigenvalue weighted by atomic mass is 19.1. The average molecular weight is 400 g/mol. The molecular weight excluding hydrogens is 379 g/mol. The molecule has 0 bridgehead atoms. The summed E-state index contributed by atoms with van der Waals surface area (Å²) >= 11 is 0. The number of esters is 1. The third-order valence-corrected chi connectivity index (χ3v) is 4.65. The number of ether oxygens (including phenoxy) is 2. The number of carbonyl (C=O) groups is 3. The van der Waals surface area contributed by atoms with Crippen LogP contribution in [-0.4, -0.2) is 31.0 Å². The van der Waals surface area contributed by atoms with E-state index < -0.39 is 35.6 Å². The summed E-state index contributed by atoms with van der Waals surface area (Å²) in [6.07, 6.45) is -1.20. The summed E-state index contributed by atoms with van der Waals surface area (Å²) in [5.74, 6) is -2.41. The summed E-state index contributed by atoms with van der Waals surface area (Å²) in [6, 6.07) is 11.0. The van der Waals surface area contributed by atoms with Crippen molar-refractivity contribution in [2.24, 2.45) is 0 Å². The Bertz CT molecular complexity index is 946. The fourth-order valence-corrected chi connectivity index (χ4v) is 3.13. The predicted molar refractivity (Wildman–Crippen MR) is 103 cm³/mol. The Kier molecular flexibility index (Phi) is 6.11. The SMILES string of the molecule is COc1ccccc1CNC(=O)C(C)OC(=O)C1CC(=O)Nc2cc(F)ccc21. The van der Waals surface area contributed by atoms with E-state index in [4.69, 9.17) is 9.47 Å². The zero-order valence-electron chi connectivity index (χ0n) is 16.0.